The van der Waals surface area contributed by atoms with Gasteiger partial charge in [-0.1, -0.05) is 12.1 Å². The molecule has 2 aliphatic rings. The monoisotopic (exact) mass is 316 g/mol. The second-order valence-electron chi connectivity index (χ2n) is 5.74. The van der Waals surface area contributed by atoms with Crippen LogP contribution in [0.25, 0.3) is 0 Å². The zero-order chi connectivity index (χ0) is 15.6. The van der Waals surface area contributed by atoms with Gasteiger partial charge in [0, 0.05) is 39.0 Å². The number of nitrogens with zero attached hydrogens (tertiary/aromatic N) is 1. The molecule has 122 valence electrons. The van der Waals surface area contributed by atoms with E-state index >= 15 is 0 Å². The van der Waals surface area contributed by atoms with Crippen molar-refractivity contribution >= 4 is 0 Å². The van der Waals surface area contributed by atoms with E-state index < -0.39 is 6.36 Å². The molecular weight excluding hydrogens is 297 g/mol. The lowest BCUT2D eigenvalue weighted by Crippen LogP contribution is -2.50. The van der Waals surface area contributed by atoms with Crippen LogP contribution in [0.15, 0.2) is 24.3 Å². The van der Waals surface area contributed by atoms with E-state index in [2.05, 4.69) is 15.0 Å². The van der Waals surface area contributed by atoms with Crippen molar-refractivity contribution in [3.05, 3.63) is 29.8 Å². The summed E-state index contributed by atoms with van der Waals surface area (Å²) in [5.41, 5.74) is 0.826. The van der Waals surface area contributed by atoms with Gasteiger partial charge in [-0.15, -0.1) is 13.2 Å². The molecule has 0 aromatic heterocycles. The Morgan fingerprint density at radius 2 is 1.86 bits per heavy atom. The molecule has 1 aromatic carbocycles. The highest BCUT2D eigenvalue weighted by molar-refractivity contribution is 5.27. The fourth-order valence-electron chi connectivity index (χ4n) is 3.02. The molecule has 2 saturated heterocycles. The first-order chi connectivity index (χ1) is 10.4. The van der Waals surface area contributed by atoms with Gasteiger partial charge in [-0.25, -0.2) is 0 Å². The van der Waals surface area contributed by atoms with Crippen LogP contribution in [0.4, 0.5) is 13.2 Å². The summed E-state index contributed by atoms with van der Waals surface area (Å²) in [5.74, 6) is -0.183. The predicted molar refractivity (Wildman–Crippen MR) is 74.3 cm³/mol. The number of rotatable bonds is 3. The molecule has 0 atom stereocenters. The molecule has 2 aliphatic heterocycles. The van der Waals surface area contributed by atoms with Gasteiger partial charge in [0.1, 0.15) is 11.5 Å². The van der Waals surface area contributed by atoms with Crippen LogP contribution in [-0.4, -0.2) is 43.2 Å². The maximum atomic E-state index is 12.1. The minimum atomic E-state index is -4.64. The van der Waals surface area contributed by atoms with Gasteiger partial charge in [0.25, 0.3) is 0 Å². The van der Waals surface area contributed by atoms with Crippen molar-refractivity contribution in [3.63, 3.8) is 0 Å². The highest BCUT2D eigenvalue weighted by Gasteiger charge is 2.37. The maximum absolute atomic E-state index is 12.1. The molecule has 0 bridgehead atoms. The SMILES string of the molecule is FC(F)(F)Oc1ccc(CN2CCC3(CC2)NCCO3)cc1. The number of halogens is 3. The second-order valence-corrected chi connectivity index (χ2v) is 5.74. The summed E-state index contributed by atoms with van der Waals surface area (Å²) in [7, 11) is 0. The molecule has 2 heterocycles. The summed E-state index contributed by atoms with van der Waals surface area (Å²) in [6.45, 7) is 4.21. The molecule has 0 saturated carbocycles. The Labute approximate surface area is 127 Å². The number of ether oxygens (including phenoxy) is 2. The maximum Gasteiger partial charge on any atom is 0.573 e. The summed E-state index contributed by atoms with van der Waals surface area (Å²) in [6, 6.07) is 6.07. The van der Waals surface area contributed by atoms with Gasteiger partial charge in [0.2, 0.25) is 0 Å². The average molecular weight is 316 g/mol. The first-order valence-corrected chi connectivity index (χ1v) is 7.40. The lowest BCUT2D eigenvalue weighted by atomic mass is 10.0. The van der Waals surface area contributed by atoms with Crippen LogP contribution in [0, 0.1) is 0 Å². The number of nitrogens with one attached hydrogen (secondary N) is 1. The first-order valence-electron chi connectivity index (χ1n) is 7.40. The molecule has 3 rings (SSSR count). The van der Waals surface area contributed by atoms with E-state index in [4.69, 9.17) is 4.74 Å². The van der Waals surface area contributed by atoms with Crippen molar-refractivity contribution in [2.45, 2.75) is 31.5 Å². The van der Waals surface area contributed by atoms with Gasteiger partial charge in [-0.05, 0) is 17.7 Å². The third kappa shape index (κ3) is 3.91. The summed E-state index contributed by atoms with van der Waals surface area (Å²) >= 11 is 0. The van der Waals surface area contributed by atoms with Crippen molar-refractivity contribution in [3.8, 4) is 5.75 Å². The Morgan fingerprint density at radius 1 is 1.18 bits per heavy atom. The van der Waals surface area contributed by atoms with Crippen molar-refractivity contribution in [1.82, 2.24) is 10.2 Å². The number of likely N-dealkylation sites (tertiary alicyclic amines) is 1. The van der Waals surface area contributed by atoms with Crippen LogP contribution < -0.4 is 10.1 Å². The van der Waals surface area contributed by atoms with Crippen LogP contribution >= 0.6 is 0 Å². The third-order valence-corrected chi connectivity index (χ3v) is 4.15. The summed E-state index contributed by atoms with van der Waals surface area (Å²) in [5, 5.41) is 3.41. The van der Waals surface area contributed by atoms with Crippen LogP contribution in [-0.2, 0) is 11.3 Å². The van der Waals surface area contributed by atoms with Crippen molar-refractivity contribution < 1.29 is 22.6 Å². The Hall–Kier alpha value is -1.31. The van der Waals surface area contributed by atoms with E-state index in [1.165, 1.54) is 12.1 Å². The summed E-state index contributed by atoms with van der Waals surface area (Å²) in [6.07, 6.45) is -2.78. The number of alkyl halides is 3. The topological polar surface area (TPSA) is 33.7 Å². The van der Waals surface area contributed by atoms with Crippen LogP contribution in [0.2, 0.25) is 0 Å². The lowest BCUT2D eigenvalue weighted by Gasteiger charge is -2.38. The quantitative estimate of drug-likeness (QED) is 0.929. The molecule has 0 aliphatic carbocycles. The minimum Gasteiger partial charge on any atom is -0.406 e. The molecule has 0 radical (unpaired) electrons. The lowest BCUT2D eigenvalue weighted by molar-refractivity contribution is -0.274. The standard InChI is InChI=1S/C15H19F3N2O2/c16-15(17,18)22-13-3-1-12(2-4-13)11-20-8-5-14(6-9-20)19-7-10-21-14/h1-4,19H,5-11H2. The van der Waals surface area contributed by atoms with E-state index in [1.54, 1.807) is 12.1 Å². The molecule has 22 heavy (non-hydrogen) atoms. The highest BCUT2D eigenvalue weighted by atomic mass is 19.4. The molecule has 1 aromatic rings. The Balaban J connectivity index is 1.51. The predicted octanol–water partition coefficient (Wildman–Crippen LogP) is 2.50. The number of benzene rings is 1. The zero-order valence-electron chi connectivity index (χ0n) is 12.2. The summed E-state index contributed by atoms with van der Waals surface area (Å²) in [4.78, 5) is 2.29. The van der Waals surface area contributed by atoms with Gasteiger partial charge in [0.05, 0.1) is 6.61 Å². The van der Waals surface area contributed by atoms with E-state index in [1.807, 2.05) is 0 Å². The van der Waals surface area contributed by atoms with Crippen molar-refractivity contribution in [2.24, 2.45) is 0 Å². The molecular formula is C15H19F3N2O2. The Bertz CT molecular complexity index is 489. The normalized spacial score (nSPS) is 22.1. The molecule has 4 nitrogen and oxygen atoms in total. The van der Waals surface area contributed by atoms with Crippen molar-refractivity contribution in [2.75, 3.05) is 26.2 Å². The molecule has 0 unspecified atom stereocenters. The van der Waals surface area contributed by atoms with E-state index in [-0.39, 0.29) is 11.5 Å². The van der Waals surface area contributed by atoms with Crippen LogP contribution in [0.5, 0.6) is 5.75 Å². The third-order valence-electron chi connectivity index (χ3n) is 4.15. The molecule has 0 amide bonds. The molecule has 1 N–H and O–H groups in total. The first kappa shape index (κ1) is 15.6. The van der Waals surface area contributed by atoms with Crippen LogP contribution in [0.3, 0.4) is 0 Å². The van der Waals surface area contributed by atoms with E-state index in [9.17, 15) is 13.2 Å². The smallest absolute Gasteiger partial charge is 0.406 e. The molecule has 1 spiro atoms. The molecule has 2 fully saturated rings. The van der Waals surface area contributed by atoms with E-state index in [0.717, 1.165) is 51.2 Å². The number of hydrogen-bond donors (Lipinski definition) is 1. The van der Waals surface area contributed by atoms with Crippen molar-refractivity contribution in [1.29, 1.82) is 0 Å². The number of hydrogen-bond acceptors (Lipinski definition) is 4. The van der Waals surface area contributed by atoms with E-state index in [0.29, 0.717) is 0 Å². The van der Waals surface area contributed by atoms with Crippen LogP contribution in [0.1, 0.15) is 18.4 Å². The average Bonchev–Trinajstić information content (AvgIpc) is 2.91. The second kappa shape index (κ2) is 6.06. The largest absolute Gasteiger partial charge is 0.573 e. The Kier molecular flexibility index (Phi) is 4.29. The molecule has 7 heteroatoms. The number of piperidine rings is 1. The zero-order valence-corrected chi connectivity index (χ0v) is 12.2. The van der Waals surface area contributed by atoms with Gasteiger partial charge < -0.3 is 9.47 Å². The van der Waals surface area contributed by atoms with Gasteiger partial charge in [0.15, 0.2) is 0 Å². The van der Waals surface area contributed by atoms with Gasteiger partial charge in [-0.3, -0.25) is 10.2 Å². The fraction of sp³-hybridized carbons (Fsp3) is 0.600. The van der Waals surface area contributed by atoms with Gasteiger partial charge >= 0.3 is 6.36 Å². The minimum absolute atomic E-state index is 0.152. The fourth-order valence-corrected chi connectivity index (χ4v) is 3.02. The summed E-state index contributed by atoms with van der Waals surface area (Å²) < 4.78 is 46.0. The van der Waals surface area contributed by atoms with Gasteiger partial charge in [-0.2, -0.15) is 0 Å². The Morgan fingerprint density at radius 3 is 2.41 bits per heavy atom. The highest BCUT2D eigenvalue weighted by Crippen LogP contribution is 2.28.